The van der Waals surface area contributed by atoms with E-state index in [1.165, 1.54) is 0 Å². The molecule has 1 fully saturated rings. The molecule has 2 rings (SSSR count). The Kier molecular flexibility index (Phi) is 4.26. The molecule has 0 bridgehead atoms. The normalized spacial score (nSPS) is 21.5. The summed E-state index contributed by atoms with van der Waals surface area (Å²) in [5.74, 6) is 0.836. The highest BCUT2D eigenvalue weighted by Gasteiger charge is 2.23. The molecule has 1 aromatic rings. The summed E-state index contributed by atoms with van der Waals surface area (Å²) in [5, 5.41) is 0.709. The van der Waals surface area contributed by atoms with Gasteiger partial charge >= 0.3 is 0 Å². The molecule has 2 N–H and O–H groups in total. The second kappa shape index (κ2) is 5.71. The number of nitrogens with two attached hydrogens (primary N) is 1. The van der Waals surface area contributed by atoms with Gasteiger partial charge < -0.3 is 15.2 Å². The average molecular weight is 256 g/mol. The van der Waals surface area contributed by atoms with Crippen molar-refractivity contribution < 1.29 is 9.47 Å². The molecule has 0 radical (unpaired) electrons. The van der Waals surface area contributed by atoms with Gasteiger partial charge in [-0.1, -0.05) is 11.6 Å². The fourth-order valence-electron chi connectivity index (χ4n) is 2.23. The van der Waals surface area contributed by atoms with E-state index in [9.17, 15) is 0 Å². The van der Waals surface area contributed by atoms with Crippen LogP contribution in [0.1, 0.15) is 18.4 Å². The van der Waals surface area contributed by atoms with Crippen LogP contribution in [0, 0.1) is 0 Å². The van der Waals surface area contributed by atoms with Gasteiger partial charge in [0, 0.05) is 17.7 Å². The molecule has 1 saturated heterocycles. The maximum atomic E-state index is 6.16. The van der Waals surface area contributed by atoms with E-state index in [-0.39, 0.29) is 12.1 Å². The lowest BCUT2D eigenvalue weighted by Crippen LogP contribution is -2.36. The molecule has 2 atom stereocenters. The monoisotopic (exact) mass is 255 g/mol. The standard InChI is InChI=1S/C13H18ClNO2/c1-16-12-5-4-10(14)7-9(12)8-11(15)13-3-2-6-17-13/h4-5,7,11,13H,2-3,6,8,15H2,1H3. The fourth-order valence-corrected chi connectivity index (χ4v) is 2.43. The summed E-state index contributed by atoms with van der Waals surface area (Å²) in [7, 11) is 1.66. The molecule has 0 spiro atoms. The minimum atomic E-state index is 0.00451. The van der Waals surface area contributed by atoms with Crippen molar-refractivity contribution >= 4 is 11.6 Å². The summed E-state index contributed by atoms with van der Waals surface area (Å²) < 4.78 is 10.9. The Morgan fingerprint density at radius 2 is 2.41 bits per heavy atom. The first-order chi connectivity index (χ1) is 8.20. The van der Waals surface area contributed by atoms with E-state index in [0.29, 0.717) is 5.02 Å². The third-order valence-corrected chi connectivity index (χ3v) is 3.38. The maximum Gasteiger partial charge on any atom is 0.122 e. The van der Waals surface area contributed by atoms with Gasteiger partial charge in [0.25, 0.3) is 0 Å². The highest BCUT2D eigenvalue weighted by molar-refractivity contribution is 6.30. The van der Waals surface area contributed by atoms with Gasteiger partial charge in [-0.25, -0.2) is 0 Å². The zero-order valence-electron chi connectivity index (χ0n) is 9.99. The van der Waals surface area contributed by atoms with E-state index in [1.54, 1.807) is 7.11 Å². The number of rotatable bonds is 4. The molecule has 0 saturated carbocycles. The molecule has 3 nitrogen and oxygen atoms in total. The number of halogens is 1. The van der Waals surface area contributed by atoms with Crippen LogP contribution in [0.3, 0.4) is 0 Å². The fraction of sp³-hybridized carbons (Fsp3) is 0.538. The van der Waals surface area contributed by atoms with Crippen molar-refractivity contribution in [1.29, 1.82) is 0 Å². The van der Waals surface area contributed by atoms with Gasteiger partial charge in [-0.2, -0.15) is 0 Å². The summed E-state index contributed by atoms with van der Waals surface area (Å²) >= 11 is 5.99. The Hall–Kier alpha value is -0.770. The van der Waals surface area contributed by atoms with Gasteiger partial charge in [-0.15, -0.1) is 0 Å². The number of methoxy groups -OCH3 is 1. The van der Waals surface area contributed by atoms with Crippen LogP contribution in [-0.4, -0.2) is 25.9 Å². The third-order valence-electron chi connectivity index (χ3n) is 3.14. The number of hydrogen-bond donors (Lipinski definition) is 1. The van der Waals surface area contributed by atoms with Crippen LogP contribution in [0.25, 0.3) is 0 Å². The summed E-state index contributed by atoms with van der Waals surface area (Å²) in [6.07, 6.45) is 3.04. The highest BCUT2D eigenvalue weighted by Crippen LogP contribution is 2.25. The van der Waals surface area contributed by atoms with Crippen molar-refractivity contribution in [2.45, 2.75) is 31.4 Å². The summed E-state index contributed by atoms with van der Waals surface area (Å²) in [6, 6.07) is 5.61. The highest BCUT2D eigenvalue weighted by atomic mass is 35.5. The van der Waals surface area contributed by atoms with Gasteiger partial charge in [0.05, 0.1) is 13.2 Å². The second-order valence-electron chi connectivity index (χ2n) is 4.38. The number of benzene rings is 1. The Bertz CT molecular complexity index is 378. The maximum absolute atomic E-state index is 6.16. The van der Waals surface area contributed by atoms with E-state index in [0.717, 1.165) is 37.2 Å². The summed E-state index contributed by atoms with van der Waals surface area (Å²) in [4.78, 5) is 0. The van der Waals surface area contributed by atoms with Crippen LogP contribution >= 0.6 is 11.6 Å². The molecule has 94 valence electrons. The van der Waals surface area contributed by atoms with Gasteiger partial charge in [0.2, 0.25) is 0 Å². The van der Waals surface area contributed by atoms with Crippen LogP contribution in [-0.2, 0) is 11.2 Å². The van der Waals surface area contributed by atoms with E-state index >= 15 is 0 Å². The lowest BCUT2D eigenvalue weighted by molar-refractivity contribution is 0.0898. The Balaban J connectivity index is 2.08. The first kappa shape index (κ1) is 12.7. The smallest absolute Gasteiger partial charge is 0.122 e. The lowest BCUT2D eigenvalue weighted by atomic mass is 9.99. The minimum Gasteiger partial charge on any atom is -0.496 e. The van der Waals surface area contributed by atoms with Crippen molar-refractivity contribution in [3.05, 3.63) is 28.8 Å². The molecule has 0 aliphatic carbocycles. The first-order valence-electron chi connectivity index (χ1n) is 5.90. The molecule has 2 unspecified atom stereocenters. The molecule has 1 aromatic carbocycles. The van der Waals surface area contributed by atoms with Gasteiger partial charge in [0.1, 0.15) is 5.75 Å². The number of hydrogen-bond acceptors (Lipinski definition) is 3. The van der Waals surface area contributed by atoms with Crippen molar-refractivity contribution in [3.8, 4) is 5.75 Å². The van der Waals surface area contributed by atoms with E-state index in [1.807, 2.05) is 18.2 Å². The Morgan fingerprint density at radius 1 is 1.59 bits per heavy atom. The van der Waals surface area contributed by atoms with Gasteiger partial charge in [-0.3, -0.25) is 0 Å². The first-order valence-corrected chi connectivity index (χ1v) is 6.28. The molecule has 0 aromatic heterocycles. The molecular formula is C13H18ClNO2. The lowest BCUT2D eigenvalue weighted by Gasteiger charge is -2.19. The molecule has 1 aliphatic rings. The van der Waals surface area contributed by atoms with Crippen LogP contribution < -0.4 is 10.5 Å². The largest absolute Gasteiger partial charge is 0.496 e. The molecule has 17 heavy (non-hydrogen) atoms. The average Bonchev–Trinajstić information content (AvgIpc) is 2.83. The van der Waals surface area contributed by atoms with E-state index in [4.69, 9.17) is 26.8 Å². The Labute approximate surface area is 107 Å². The summed E-state index contributed by atoms with van der Waals surface area (Å²) in [6.45, 7) is 0.824. The third kappa shape index (κ3) is 3.12. The molecule has 1 heterocycles. The topological polar surface area (TPSA) is 44.5 Å². The summed E-state index contributed by atoms with van der Waals surface area (Å²) in [5.41, 5.74) is 7.21. The molecular weight excluding hydrogens is 238 g/mol. The Morgan fingerprint density at radius 3 is 3.06 bits per heavy atom. The van der Waals surface area contributed by atoms with Crippen molar-refractivity contribution in [2.75, 3.05) is 13.7 Å². The van der Waals surface area contributed by atoms with Crippen molar-refractivity contribution in [2.24, 2.45) is 5.73 Å². The van der Waals surface area contributed by atoms with Crippen LogP contribution in [0.15, 0.2) is 18.2 Å². The van der Waals surface area contributed by atoms with E-state index < -0.39 is 0 Å². The molecule has 0 amide bonds. The zero-order valence-corrected chi connectivity index (χ0v) is 10.7. The predicted molar refractivity (Wildman–Crippen MR) is 68.7 cm³/mol. The van der Waals surface area contributed by atoms with Gasteiger partial charge in [0.15, 0.2) is 0 Å². The van der Waals surface area contributed by atoms with Gasteiger partial charge in [-0.05, 0) is 43.0 Å². The van der Waals surface area contributed by atoms with Crippen molar-refractivity contribution in [3.63, 3.8) is 0 Å². The minimum absolute atomic E-state index is 0.00451. The van der Waals surface area contributed by atoms with Crippen molar-refractivity contribution in [1.82, 2.24) is 0 Å². The predicted octanol–water partition coefficient (Wildman–Crippen LogP) is 2.40. The SMILES string of the molecule is COc1ccc(Cl)cc1CC(N)C1CCCO1. The zero-order chi connectivity index (χ0) is 12.3. The van der Waals surface area contributed by atoms with Crippen LogP contribution in [0.4, 0.5) is 0 Å². The van der Waals surface area contributed by atoms with E-state index in [2.05, 4.69) is 0 Å². The van der Waals surface area contributed by atoms with Crippen LogP contribution in [0.2, 0.25) is 5.02 Å². The number of ether oxygens (including phenoxy) is 2. The molecule has 1 aliphatic heterocycles. The molecule has 4 heteroatoms. The second-order valence-corrected chi connectivity index (χ2v) is 4.81. The quantitative estimate of drug-likeness (QED) is 0.899. The van der Waals surface area contributed by atoms with Crippen LogP contribution in [0.5, 0.6) is 5.75 Å².